The van der Waals surface area contributed by atoms with Crippen LogP contribution in [0.5, 0.6) is 0 Å². The summed E-state index contributed by atoms with van der Waals surface area (Å²) >= 11 is -0.0622. The standard InChI is InChI=1S/C8H11O2Te/c1-5-7-8(6(2)11-5)10-4-3-9-7/h7H,3-4H2,1-2H3. The summed E-state index contributed by atoms with van der Waals surface area (Å²) in [6.45, 7) is 5.86. The van der Waals surface area contributed by atoms with Crippen molar-refractivity contribution in [3.8, 4) is 0 Å². The predicted octanol–water partition coefficient (Wildman–Crippen LogP) is 0.543. The summed E-state index contributed by atoms with van der Waals surface area (Å²) in [6.07, 6.45) is 0.242. The first-order valence-electron chi connectivity index (χ1n) is 3.75. The van der Waals surface area contributed by atoms with E-state index in [2.05, 4.69) is 13.8 Å². The molecule has 3 heteroatoms. The molecule has 1 atom stereocenters. The molecule has 1 unspecified atom stereocenters. The number of hydrogen-bond acceptors (Lipinski definition) is 2. The second kappa shape index (κ2) is 2.89. The Labute approximate surface area is 76.1 Å². The van der Waals surface area contributed by atoms with E-state index in [4.69, 9.17) is 9.47 Å². The van der Waals surface area contributed by atoms with E-state index in [0.717, 1.165) is 19.0 Å². The molecular weight excluding hydrogens is 256 g/mol. The van der Waals surface area contributed by atoms with Crippen molar-refractivity contribution >= 4 is 24.0 Å². The van der Waals surface area contributed by atoms with Crippen LogP contribution in [0, 0.1) is 0 Å². The maximum atomic E-state index is 5.60. The molecule has 1 saturated heterocycles. The van der Waals surface area contributed by atoms with Crippen molar-refractivity contribution < 1.29 is 9.47 Å². The van der Waals surface area contributed by atoms with Gasteiger partial charge in [-0.05, 0) is 0 Å². The second-order valence-electron chi connectivity index (χ2n) is 2.73. The van der Waals surface area contributed by atoms with Gasteiger partial charge in [-0.15, -0.1) is 0 Å². The molecule has 0 aliphatic carbocycles. The number of allylic oxidation sites excluding steroid dienone is 1. The topological polar surface area (TPSA) is 18.5 Å². The molecule has 0 N–H and O–H groups in total. The molecule has 2 aliphatic rings. The van der Waals surface area contributed by atoms with Crippen LogP contribution in [0.1, 0.15) is 13.8 Å². The first-order valence-corrected chi connectivity index (χ1v) is 6.08. The molecule has 0 spiro atoms. The Morgan fingerprint density at radius 1 is 1.36 bits per heavy atom. The zero-order chi connectivity index (χ0) is 7.84. The van der Waals surface area contributed by atoms with E-state index in [1.54, 1.807) is 0 Å². The van der Waals surface area contributed by atoms with Crippen LogP contribution in [0.25, 0.3) is 0 Å². The number of fused-ring (bicyclic) bond motifs is 1. The molecule has 2 rings (SSSR count). The van der Waals surface area contributed by atoms with Crippen LogP contribution in [0.3, 0.4) is 0 Å². The zero-order valence-electron chi connectivity index (χ0n) is 6.72. The van der Waals surface area contributed by atoms with Gasteiger partial charge in [-0.2, -0.15) is 0 Å². The van der Waals surface area contributed by atoms with Crippen LogP contribution in [0.15, 0.2) is 9.38 Å². The van der Waals surface area contributed by atoms with Crippen molar-refractivity contribution in [1.82, 2.24) is 0 Å². The Morgan fingerprint density at radius 3 is 2.91 bits per heavy atom. The van der Waals surface area contributed by atoms with E-state index in [0.29, 0.717) is 0 Å². The van der Waals surface area contributed by atoms with Gasteiger partial charge in [-0.3, -0.25) is 0 Å². The summed E-state index contributed by atoms with van der Waals surface area (Å²) in [7, 11) is 0. The fraction of sp³-hybridized carbons (Fsp3) is 0.625. The van der Waals surface area contributed by atoms with Crippen molar-refractivity contribution in [3.63, 3.8) is 0 Å². The fourth-order valence-electron chi connectivity index (χ4n) is 1.40. The van der Waals surface area contributed by atoms with Gasteiger partial charge in [-0.1, -0.05) is 0 Å². The van der Waals surface area contributed by atoms with Crippen molar-refractivity contribution in [1.29, 1.82) is 0 Å². The van der Waals surface area contributed by atoms with E-state index in [1.807, 2.05) is 0 Å². The molecule has 61 valence electrons. The Hall–Kier alpha value is 0.160. The third kappa shape index (κ3) is 1.26. The van der Waals surface area contributed by atoms with Crippen LogP contribution >= 0.6 is 0 Å². The van der Waals surface area contributed by atoms with Gasteiger partial charge in [0.15, 0.2) is 0 Å². The third-order valence-electron chi connectivity index (χ3n) is 1.89. The summed E-state index contributed by atoms with van der Waals surface area (Å²) in [5.74, 6) is 1.14. The van der Waals surface area contributed by atoms with Gasteiger partial charge >= 0.3 is 76.0 Å². The van der Waals surface area contributed by atoms with E-state index in [1.165, 1.54) is 7.17 Å². The normalized spacial score (nSPS) is 29.6. The molecular formula is C8H11O2Te. The van der Waals surface area contributed by atoms with E-state index in [-0.39, 0.29) is 26.6 Å². The molecule has 11 heavy (non-hydrogen) atoms. The third-order valence-corrected chi connectivity index (χ3v) is 4.87. The number of hydrogen-bond donors (Lipinski definition) is 0. The van der Waals surface area contributed by atoms with Crippen molar-refractivity contribution in [2.45, 2.75) is 20.0 Å². The molecule has 2 aliphatic heterocycles. The Kier molecular flexibility index (Phi) is 2.05. The molecule has 0 bridgehead atoms. The van der Waals surface area contributed by atoms with E-state index in [9.17, 15) is 0 Å². The molecule has 0 aromatic rings. The quantitative estimate of drug-likeness (QED) is 0.596. The monoisotopic (exact) mass is 269 g/mol. The van der Waals surface area contributed by atoms with Crippen molar-refractivity contribution in [3.05, 3.63) is 9.38 Å². The van der Waals surface area contributed by atoms with Crippen LogP contribution < -0.4 is 0 Å². The maximum absolute atomic E-state index is 5.60. The fourth-order valence-corrected chi connectivity index (χ4v) is 4.35. The van der Waals surface area contributed by atoms with Gasteiger partial charge in [0, 0.05) is 0 Å². The van der Waals surface area contributed by atoms with Crippen LogP contribution in [0.4, 0.5) is 0 Å². The molecule has 0 amide bonds. The Balaban J connectivity index is 2.29. The summed E-state index contributed by atoms with van der Waals surface area (Å²) in [5, 5.41) is 0. The molecule has 1 radical (unpaired) electrons. The average Bonchev–Trinajstić information content (AvgIpc) is 2.30. The minimum atomic E-state index is -0.0622. The summed E-state index contributed by atoms with van der Waals surface area (Å²) < 4.78 is 14.1. The first-order chi connectivity index (χ1) is 5.29. The van der Waals surface area contributed by atoms with Crippen molar-refractivity contribution in [2.24, 2.45) is 0 Å². The van der Waals surface area contributed by atoms with Gasteiger partial charge in [0.2, 0.25) is 0 Å². The van der Waals surface area contributed by atoms with Gasteiger partial charge in [0.1, 0.15) is 0 Å². The number of ether oxygens (including phenoxy) is 2. The first kappa shape index (κ1) is 7.79. The van der Waals surface area contributed by atoms with E-state index >= 15 is 0 Å². The molecule has 0 aromatic heterocycles. The van der Waals surface area contributed by atoms with Gasteiger partial charge in [-0.25, -0.2) is 0 Å². The van der Waals surface area contributed by atoms with Gasteiger partial charge in [0.05, 0.1) is 0 Å². The minimum absolute atomic E-state index is 0.0622. The van der Waals surface area contributed by atoms with Crippen LogP contribution in [-0.2, 0) is 9.47 Å². The zero-order valence-corrected chi connectivity index (χ0v) is 9.05. The molecule has 0 aromatic carbocycles. The SMILES string of the molecule is CC1=[Te]C(C)=C2OCCOC12. The van der Waals surface area contributed by atoms with E-state index < -0.39 is 0 Å². The molecule has 2 heterocycles. The van der Waals surface area contributed by atoms with Crippen molar-refractivity contribution in [2.75, 3.05) is 13.2 Å². The Bertz CT molecular complexity index is 242. The second-order valence-corrected chi connectivity index (χ2v) is 6.90. The Morgan fingerprint density at radius 2 is 2.18 bits per heavy atom. The van der Waals surface area contributed by atoms with Gasteiger partial charge < -0.3 is 0 Å². The van der Waals surface area contributed by atoms with Crippen LogP contribution in [0.2, 0.25) is 0 Å². The molecule has 1 fully saturated rings. The number of rotatable bonds is 0. The predicted molar refractivity (Wildman–Crippen MR) is 44.8 cm³/mol. The van der Waals surface area contributed by atoms with Gasteiger partial charge in [0.25, 0.3) is 0 Å². The van der Waals surface area contributed by atoms with Crippen LogP contribution in [-0.4, -0.2) is 43.3 Å². The average molecular weight is 267 g/mol. The summed E-state index contributed by atoms with van der Waals surface area (Å²) in [6, 6.07) is 0. The summed E-state index contributed by atoms with van der Waals surface area (Å²) in [5.41, 5.74) is 0. The summed E-state index contributed by atoms with van der Waals surface area (Å²) in [4.78, 5) is 0. The molecule has 2 nitrogen and oxygen atoms in total. The molecule has 0 saturated carbocycles.